The van der Waals surface area contributed by atoms with Crippen molar-refractivity contribution in [1.29, 1.82) is 0 Å². The number of anilines is 1. The van der Waals surface area contributed by atoms with Crippen LogP contribution in [0.15, 0.2) is 30.5 Å². The van der Waals surface area contributed by atoms with Crippen LogP contribution in [0.1, 0.15) is 13.3 Å². The number of rotatable bonds is 6. The minimum atomic E-state index is -1.02. The summed E-state index contributed by atoms with van der Waals surface area (Å²) < 4.78 is 0. The largest absolute Gasteiger partial charge is 0.394 e. The van der Waals surface area contributed by atoms with Crippen LogP contribution in [0.25, 0.3) is 10.9 Å². The lowest BCUT2D eigenvalue weighted by Gasteiger charge is -2.31. The zero-order valence-electron chi connectivity index (χ0n) is 11.6. The van der Waals surface area contributed by atoms with Gasteiger partial charge in [-0.2, -0.15) is 0 Å². The highest BCUT2D eigenvalue weighted by Crippen LogP contribution is 2.34. The minimum absolute atomic E-state index is 0.187. The van der Waals surface area contributed by atoms with Crippen LogP contribution in [0.5, 0.6) is 0 Å². The molecule has 1 aromatic carbocycles. The minimum Gasteiger partial charge on any atom is -0.394 e. The van der Waals surface area contributed by atoms with Gasteiger partial charge in [-0.25, -0.2) is 4.98 Å². The van der Waals surface area contributed by atoms with E-state index in [1.807, 2.05) is 0 Å². The van der Waals surface area contributed by atoms with E-state index < -0.39 is 10.5 Å². The molecule has 0 aliphatic carbocycles. The molecule has 0 spiro atoms. The molecule has 0 radical (unpaired) electrons. The molecule has 21 heavy (non-hydrogen) atoms. The van der Waals surface area contributed by atoms with Crippen LogP contribution in [-0.2, 0) is 0 Å². The quantitative estimate of drug-likeness (QED) is 0.552. The highest BCUT2D eigenvalue weighted by atomic mass is 16.6. The number of nitrogens with one attached hydrogen (secondary N) is 1. The summed E-state index contributed by atoms with van der Waals surface area (Å²) in [4.78, 5) is 14.7. The van der Waals surface area contributed by atoms with Gasteiger partial charge in [0, 0.05) is 5.39 Å². The molecule has 2 rings (SSSR count). The van der Waals surface area contributed by atoms with Crippen molar-refractivity contribution in [2.45, 2.75) is 18.9 Å². The number of para-hydroxylation sites is 1. The van der Waals surface area contributed by atoms with Gasteiger partial charge >= 0.3 is 5.69 Å². The van der Waals surface area contributed by atoms with Gasteiger partial charge in [0.15, 0.2) is 0 Å². The van der Waals surface area contributed by atoms with Gasteiger partial charge < -0.3 is 15.5 Å². The fourth-order valence-corrected chi connectivity index (χ4v) is 2.11. The first-order valence-corrected chi connectivity index (χ1v) is 6.59. The van der Waals surface area contributed by atoms with Crippen LogP contribution in [0.2, 0.25) is 0 Å². The summed E-state index contributed by atoms with van der Waals surface area (Å²) in [5.74, 6) is 0. The van der Waals surface area contributed by atoms with E-state index in [-0.39, 0.29) is 24.6 Å². The molecule has 0 fully saturated rings. The van der Waals surface area contributed by atoms with Gasteiger partial charge in [-0.15, -0.1) is 0 Å². The van der Waals surface area contributed by atoms with Crippen molar-refractivity contribution in [1.82, 2.24) is 4.98 Å². The third-order valence-corrected chi connectivity index (χ3v) is 3.62. The summed E-state index contributed by atoms with van der Waals surface area (Å²) in [7, 11) is 0. The van der Waals surface area contributed by atoms with E-state index in [9.17, 15) is 20.3 Å². The molecule has 112 valence electrons. The lowest BCUT2D eigenvalue weighted by atomic mass is 9.97. The fraction of sp³-hybridized carbons (Fsp3) is 0.357. The average molecular weight is 291 g/mol. The van der Waals surface area contributed by atoms with Gasteiger partial charge in [0.05, 0.1) is 29.2 Å². The lowest BCUT2D eigenvalue weighted by molar-refractivity contribution is -0.384. The highest BCUT2D eigenvalue weighted by Gasteiger charge is 2.30. The van der Waals surface area contributed by atoms with E-state index in [0.717, 1.165) is 0 Å². The summed E-state index contributed by atoms with van der Waals surface area (Å²) in [6.07, 6.45) is 1.59. The Bertz CT molecular complexity index is 647. The van der Waals surface area contributed by atoms with E-state index in [1.54, 1.807) is 31.2 Å². The molecular weight excluding hydrogens is 274 g/mol. The summed E-state index contributed by atoms with van der Waals surface area (Å²) in [6.45, 7) is 1.11. The smallest absolute Gasteiger partial charge is 0.311 e. The third-order valence-electron chi connectivity index (χ3n) is 3.62. The molecular formula is C14H17N3O4. The Balaban J connectivity index is 2.64. The molecule has 3 N–H and O–H groups in total. The molecule has 0 unspecified atom stereocenters. The zero-order chi connectivity index (χ0) is 15.5. The molecule has 1 aromatic heterocycles. The monoisotopic (exact) mass is 291 g/mol. The topological polar surface area (TPSA) is 109 Å². The number of aliphatic hydroxyl groups is 2. The molecule has 0 saturated heterocycles. The van der Waals surface area contributed by atoms with Crippen molar-refractivity contribution in [3.63, 3.8) is 0 Å². The van der Waals surface area contributed by atoms with Gasteiger partial charge in [0.25, 0.3) is 0 Å². The molecule has 0 atom stereocenters. The number of hydrogen-bond donors (Lipinski definition) is 3. The maximum absolute atomic E-state index is 11.2. The van der Waals surface area contributed by atoms with Gasteiger partial charge in [0.1, 0.15) is 11.9 Å². The van der Waals surface area contributed by atoms with E-state index in [2.05, 4.69) is 10.3 Å². The standard InChI is InChI=1S/C14H17N3O4/c1-2-14(8-18,9-19)16-13-10-5-3-4-6-11(10)15-7-12(13)17(20)21/h3-7,18-19H,2,8-9H2,1H3,(H,15,16). The third kappa shape index (κ3) is 2.79. The number of pyridine rings is 1. The van der Waals surface area contributed by atoms with Crippen LogP contribution in [0.4, 0.5) is 11.4 Å². The number of aliphatic hydroxyl groups excluding tert-OH is 2. The Kier molecular flexibility index (Phi) is 4.35. The van der Waals surface area contributed by atoms with Crippen LogP contribution < -0.4 is 5.32 Å². The number of nitro groups is 1. The SMILES string of the molecule is CCC(CO)(CO)Nc1c([N+](=O)[O-])cnc2ccccc12. The second-order valence-corrected chi connectivity index (χ2v) is 4.87. The summed E-state index contributed by atoms with van der Waals surface area (Å²) in [6, 6.07) is 7.00. The van der Waals surface area contributed by atoms with Crippen LogP contribution >= 0.6 is 0 Å². The van der Waals surface area contributed by atoms with Crippen molar-refractivity contribution < 1.29 is 15.1 Å². The van der Waals surface area contributed by atoms with E-state index in [4.69, 9.17) is 0 Å². The Morgan fingerprint density at radius 2 is 2.00 bits per heavy atom. The average Bonchev–Trinajstić information content (AvgIpc) is 2.52. The van der Waals surface area contributed by atoms with E-state index >= 15 is 0 Å². The molecule has 0 bridgehead atoms. The number of hydrogen-bond acceptors (Lipinski definition) is 6. The number of aromatic nitrogens is 1. The Morgan fingerprint density at radius 3 is 2.57 bits per heavy atom. The maximum Gasteiger partial charge on any atom is 0.311 e. The van der Waals surface area contributed by atoms with Crippen LogP contribution in [-0.4, -0.2) is 38.9 Å². The molecule has 0 saturated carbocycles. The van der Waals surface area contributed by atoms with Crippen molar-refractivity contribution in [2.24, 2.45) is 0 Å². The molecule has 2 aromatic rings. The Labute approximate surface area is 121 Å². The molecule has 7 nitrogen and oxygen atoms in total. The highest BCUT2D eigenvalue weighted by molar-refractivity contribution is 5.95. The van der Waals surface area contributed by atoms with Gasteiger partial charge in [-0.05, 0) is 12.5 Å². The van der Waals surface area contributed by atoms with Crippen LogP contribution in [0.3, 0.4) is 0 Å². The van der Waals surface area contributed by atoms with Gasteiger partial charge in [-0.3, -0.25) is 10.1 Å². The molecule has 7 heteroatoms. The van der Waals surface area contributed by atoms with Crippen molar-refractivity contribution >= 4 is 22.3 Å². The van der Waals surface area contributed by atoms with Gasteiger partial charge in [0.2, 0.25) is 0 Å². The summed E-state index contributed by atoms with van der Waals surface area (Å²) in [5.41, 5.74) is -0.343. The summed E-state index contributed by atoms with van der Waals surface area (Å²) >= 11 is 0. The predicted molar refractivity (Wildman–Crippen MR) is 79.2 cm³/mol. The number of nitrogens with zero attached hydrogens (tertiary/aromatic N) is 2. The zero-order valence-corrected chi connectivity index (χ0v) is 11.6. The second kappa shape index (κ2) is 6.02. The second-order valence-electron chi connectivity index (χ2n) is 4.87. The molecule has 0 aliphatic heterocycles. The molecule has 1 heterocycles. The molecule has 0 amide bonds. The fourth-order valence-electron chi connectivity index (χ4n) is 2.11. The van der Waals surface area contributed by atoms with Crippen molar-refractivity contribution in [2.75, 3.05) is 18.5 Å². The summed E-state index contributed by atoms with van der Waals surface area (Å²) in [5, 5.41) is 33.8. The van der Waals surface area contributed by atoms with Crippen molar-refractivity contribution in [3.05, 3.63) is 40.6 Å². The Morgan fingerprint density at radius 1 is 1.33 bits per heavy atom. The van der Waals surface area contributed by atoms with E-state index in [1.165, 1.54) is 6.20 Å². The number of benzene rings is 1. The van der Waals surface area contributed by atoms with Crippen LogP contribution in [0, 0.1) is 10.1 Å². The van der Waals surface area contributed by atoms with Crippen molar-refractivity contribution in [3.8, 4) is 0 Å². The van der Waals surface area contributed by atoms with Gasteiger partial charge in [-0.1, -0.05) is 25.1 Å². The Hall–Kier alpha value is -2.25. The normalized spacial score (nSPS) is 11.6. The first-order chi connectivity index (χ1) is 10.1. The first-order valence-electron chi connectivity index (χ1n) is 6.59. The first kappa shape index (κ1) is 15.1. The lowest BCUT2D eigenvalue weighted by Crippen LogP contribution is -2.45. The predicted octanol–water partition coefficient (Wildman–Crippen LogP) is 1.69. The molecule has 0 aliphatic rings. The number of fused-ring (bicyclic) bond motifs is 1. The van der Waals surface area contributed by atoms with E-state index in [0.29, 0.717) is 17.3 Å². The maximum atomic E-state index is 11.2.